The third kappa shape index (κ3) is 3.56. The largest absolute Gasteiger partial charge is 0.340 e. The molecule has 0 aromatic carbocycles. The van der Waals surface area contributed by atoms with Crippen LogP contribution in [-0.4, -0.2) is 39.1 Å². The van der Waals surface area contributed by atoms with E-state index >= 15 is 0 Å². The van der Waals surface area contributed by atoms with Crippen molar-refractivity contribution in [3.8, 4) is 0 Å². The molecule has 140 valence electrons. The molecule has 2 aromatic rings. The van der Waals surface area contributed by atoms with Gasteiger partial charge in [-0.25, -0.2) is 4.98 Å². The monoisotopic (exact) mass is 391 g/mol. The van der Waals surface area contributed by atoms with Gasteiger partial charge < -0.3 is 9.88 Å². The van der Waals surface area contributed by atoms with Crippen LogP contribution < -0.4 is 5.56 Å². The molecule has 7 heteroatoms. The van der Waals surface area contributed by atoms with Crippen molar-refractivity contribution >= 4 is 39.2 Å². The van der Waals surface area contributed by atoms with Gasteiger partial charge in [-0.15, -0.1) is 11.3 Å². The molecule has 1 unspecified atom stereocenters. The van der Waals surface area contributed by atoms with Crippen molar-refractivity contribution in [2.45, 2.75) is 63.7 Å². The summed E-state index contributed by atoms with van der Waals surface area (Å²) in [6.45, 7) is 3.05. The normalized spacial score (nSPS) is 19.9. The van der Waals surface area contributed by atoms with Crippen LogP contribution >= 0.6 is 23.1 Å². The number of aromatic nitrogens is 2. The zero-order valence-electron chi connectivity index (χ0n) is 15.2. The highest BCUT2D eigenvalue weighted by atomic mass is 32.2. The molecular weight excluding hydrogens is 366 g/mol. The van der Waals surface area contributed by atoms with Crippen LogP contribution in [0.25, 0.3) is 10.2 Å². The van der Waals surface area contributed by atoms with E-state index < -0.39 is 0 Å². The van der Waals surface area contributed by atoms with E-state index in [4.69, 9.17) is 0 Å². The third-order valence-corrected chi connectivity index (χ3v) is 7.60. The zero-order valence-corrected chi connectivity index (χ0v) is 16.8. The molecule has 0 spiro atoms. The van der Waals surface area contributed by atoms with Crippen molar-refractivity contribution < 1.29 is 4.79 Å². The summed E-state index contributed by atoms with van der Waals surface area (Å²) in [4.78, 5) is 36.7. The molecule has 3 heterocycles. The summed E-state index contributed by atoms with van der Waals surface area (Å²) in [5, 5.41) is 0.811. The van der Waals surface area contributed by atoms with Gasteiger partial charge in [-0.1, -0.05) is 0 Å². The van der Waals surface area contributed by atoms with Gasteiger partial charge in [-0.3, -0.25) is 9.59 Å². The summed E-state index contributed by atoms with van der Waals surface area (Å²) in [5.41, 5.74) is 1.22. The maximum Gasteiger partial charge on any atom is 0.259 e. The van der Waals surface area contributed by atoms with E-state index in [0.29, 0.717) is 18.2 Å². The molecule has 0 saturated carbocycles. The van der Waals surface area contributed by atoms with Gasteiger partial charge in [0.2, 0.25) is 5.91 Å². The Kier molecular flexibility index (Phi) is 5.36. The molecule has 26 heavy (non-hydrogen) atoms. The standard InChI is InChI=1S/C19H25N3O2S2/c1-12-5-2-3-9-22(12)16(23)8-10-25-11-15-20-18(24)17-13-6-4-7-14(13)26-19(17)21-15/h12H,2-11H2,1H3,(H,20,21,24). The minimum atomic E-state index is 0.00298. The lowest BCUT2D eigenvalue weighted by molar-refractivity contribution is -0.133. The smallest absolute Gasteiger partial charge is 0.259 e. The van der Waals surface area contributed by atoms with Gasteiger partial charge in [0.15, 0.2) is 0 Å². The lowest BCUT2D eigenvalue weighted by Crippen LogP contribution is -2.42. The molecule has 0 bridgehead atoms. The first-order valence-electron chi connectivity index (χ1n) is 9.54. The van der Waals surface area contributed by atoms with Crippen LogP contribution in [0.3, 0.4) is 0 Å². The molecule has 0 radical (unpaired) electrons. The number of fused-ring (bicyclic) bond motifs is 3. The second-order valence-corrected chi connectivity index (χ2v) is 9.47. The molecule has 1 fully saturated rings. The van der Waals surface area contributed by atoms with Crippen LogP contribution in [0.5, 0.6) is 0 Å². The topological polar surface area (TPSA) is 66.1 Å². The summed E-state index contributed by atoms with van der Waals surface area (Å²) in [6.07, 6.45) is 7.27. The van der Waals surface area contributed by atoms with Crippen LogP contribution in [0.15, 0.2) is 4.79 Å². The second kappa shape index (κ2) is 7.72. The Morgan fingerprint density at radius 3 is 3.08 bits per heavy atom. The van der Waals surface area contributed by atoms with Crippen LogP contribution in [0.1, 0.15) is 55.3 Å². The highest BCUT2D eigenvalue weighted by molar-refractivity contribution is 7.98. The Morgan fingerprint density at radius 2 is 2.23 bits per heavy atom. The number of thiophene rings is 1. The van der Waals surface area contributed by atoms with Crippen molar-refractivity contribution in [2.75, 3.05) is 12.3 Å². The molecule has 1 amide bonds. The van der Waals surface area contributed by atoms with Gasteiger partial charge in [0.25, 0.3) is 5.56 Å². The Balaban J connectivity index is 1.34. The first kappa shape index (κ1) is 18.0. The number of thioether (sulfide) groups is 1. The number of nitrogens with one attached hydrogen (secondary N) is 1. The number of piperidine rings is 1. The van der Waals surface area contributed by atoms with E-state index in [9.17, 15) is 9.59 Å². The maximum absolute atomic E-state index is 12.4. The number of carbonyl (C=O) groups is 1. The number of hydrogen-bond donors (Lipinski definition) is 1. The van der Waals surface area contributed by atoms with Gasteiger partial charge >= 0.3 is 0 Å². The van der Waals surface area contributed by atoms with Gasteiger partial charge in [0.05, 0.1) is 11.1 Å². The lowest BCUT2D eigenvalue weighted by Gasteiger charge is -2.33. The van der Waals surface area contributed by atoms with Gasteiger partial charge in [-0.05, 0) is 51.0 Å². The van der Waals surface area contributed by atoms with E-state index in [1.807, 2.05) is 4.90 Å². The zero-order chi connectivity index (χ0) is 18.1. The number of hydrogen-bond acceptors (Lipinski definition) is 5. The van der Waals surface area contributed by atoms with Crippen LogP contribution in [0.2, 0.25) is 0 Å². The first-order valence-corrected chi connectivity index (χ1v) is 11.5. The molecular formula is C19H25N3O2S2. The molecule has 1 aliphatic heterocycles. The highest BCUT2D eigenvalue weighted by Gasteiger charge is 2.23. The fourth-order valence-electron chi connectivity index (χ4n) is 4.06. The molecule has 1 saturated heterocycles. The Hall–Kier alpha value is -1.34. The van der Waals surface area contributed by atoms with E-state index in [2.05, 4.69) is 16.9 Å². The Morgan fingerprint density at radius 1 is 1.35 bits per heavy atom. The van der Waals surface area contributed by atoms with Crippen LogP contribution in [0, 0.1) is 0 Å². The SMILES string of the molecule is CC1CCCCN1C(=O)CCSCc1nc2sc3c(c2c(=O)[nH]1)CCC3. The number of likely N-dealkylation sites (tertiary alicyclic amines) is 1. The molecule has 1 N–H and O–H groups in total. The Labute approximate surface area is 161 Å². The van der Waals surface area contributed by atoms with Gasteiger partial charge in [0.1, 0.15) is 10.7 Å². The van der Waals surface area contributed by atoms with Crippen molar-refractivity contribution in [3.05, 3.63) is 26.6 Å². The molecule has 2 aliphatic rings. The predicted octanol–water partition coefficient (Wildman–Crippen LogP) is 3.50. The number of rotatable bonds is 5. The van der Waals surface area contributed by atoms with Crippen LogP contribution in [-0.2, 0) is 23.4 Å². The van der Waals surface area contributed by atoms with E-state index in [1.165, 1.54) is 16.9 Å². The summed E-state index contributed by atoms with van der Waals surface area (Å²) in [5.74, 6) is 2.41. The lowest BCUT2D eigenvalue weighted by atomic mass is 10.0. The fourth-order valence-corrected chi connectivity index (χ4v) is 6.13. The van der Waals surface area contributed by atoms with Crippen molar-refractivity contribution in [2.24, 2.45) is 0 Å². The first-order chi connectivity index (χ1) is 12.6. The summed E-state index contributed by atoms with van der Waals surface area (Å²) < 4.78 is 0. The molecule has 5 nitrogen and oxygen atoms in total. The van der Waals surface area contributed by atoms with Crippen LogP contribution in [0.4, 0.5) is 0 Å². The fraction of sp³-hybridized carbons (Fsp3) is 0.632. The van der Waals surface area contributed by atoms with Crippen molar-refractivity contribution in [1.29, 1.82) is 0 Å². The average Bonchev–Trinajstić information content (AvgIpc) is 3.19. The van der Waals surface area contributed by atoms with E-state index in [-0.39, 0.29) is 11.5 Å². The van der Waals surface area contributed by atoms with Crippen molar-refractivity contribution in [3.63, 3.8) is 0 Å². The van der Waals surface area contributed by atoms with E-state index in [0.717, 1.165) is 60.4 Å². The highest BCUT2D eigenvalue weighted by Crippen LogP contribution is 2.34. The Bertz CT molecular complexity index is 874. The van der Waals surface area contributed by atoms with Crippen molar-refractivity contribution in [1.82, 2.24) is 14.9 Å². The third-order valence-electron chi connectivity index (χ3n) is 5.45. The van der Waals surface area contributed by atoms with Gasteiger partial charge in [-0.2, -0.15) is 11.8 Å². The minimum absolute atomic E-state index is 0.00298. The maximum atomic E-state index is 12.4. The number of aryl methyl sites for hydroxylation is 2. The number of nitrogens with zero attached hydrogens (tertiary/aromatic N) is 2. The summed E-state index contributed by atoms with van der Waals surface area (Å²) in [6, 6.07) is 0.377. The number of carbonyl (C=O) groups excluding carboxylic acids is 1. The number of H-pyrrole nitrogens is 1. The van der Waals surface area contributed by atoms with E-state index in [1.54, 1.807) is 23.1 Å². The summed E-state index contributed by atoms with van der Waals surface area (Å²) >= 11 is 3.35. The molecule has 1 atom stereocenters. The summed E-state index contributed by atoms with van der Waals surface area (Å²) in [7, 11) is 0. The van der Waals surface area contributed by atoms with Gasteiger partial charge in [0, 0.05) is 29.6 Å². The molecule has 1 aliphatic carbocycles. The minimum Gasteiger partial charge on any atom is -0.340 e. The number of aromatic amines is 1. The number of amides is 1. The molecule has 2 aromatic heterocycles. The predicted molar refractivity (Wildman–Crippen MR) is 108 cm³/mol. The average molecular weight is 392 g/mol. The quantitative estimate of drug-likeness (QED) is 0.792. The molecule has 4 rings (SSSR count). The second-order valence-electron chi connectivity index (χ2n) is 7.28.